The van der Waals surface area contributed by atoms with Crippen molar-refractivity contribution in [3.8, 4) is 0 Å². The molecule has 0 spiro atoms. The van der Waals surface area contributed by atoms with Crippen LogP contribution in [-0.2, 0) is 16.1 Å². The lowest BCUT2D eigenvalue weighted by molar-refractivity contribution is 0.0170. The summed E-state index contributed by atoms with van der Waals surface area (Å²) in [4.78, 5) is 18.3. The molecule has 1 aromatic heterocycles. The summed E-state index contributed by atoms with van der Waals surface area (Å²) >= 11 is 3.39. The zero-order chi connectivity index (χ0) is 18.7. The number of rotatable bonds is 5. The van der Waals surface area contributed by atoms with E-state index in [2.05, 4.69) is 20.9 Å². The van der Waals surface area contributed by atoms with Crippen LogP contribution in [0.5, 0.6) is 0 Å². The lowest BCUT2D eigenvalue weighted by atomic mass is 9.91. The molecular weight excluding hydrogens is 396 g/mol. The summed E-state index contributed by atoms with van der Waals surface area (Å²) in [6.07, 6.45) is 5.04. The third-order valence-corrected chi connectivity index (χ3v) is 5.61. The third kappa shape index (κ3) is 5.68. The lowest BCUT2D eigenvalue weighted by Gasteiger charge is -2.33. The predicted molar refractivity (Wildman–Crippen MR) is 104 cm³/mol. The first-order valence-electron chi connectivity index (χ1n) is 9.48. The molecule has 1 saturated heterocycles. The summed E-state index contributed by atoms with van der Waals surface area (Å²) in [6, 6.07) is 3.98. The molecule has 2 aliphatic rings. The van der Waals surface area contributed by atoms with Gasteiger partial charge in [0.05, 0.1) is 18.9 Å². The Balaban J connectivity index is 1.34. The third-order valence-electron chi connectivity index (χ3n) is 5.14. The maximum absolute atomic E-state index is 12.1. The second-order valence-electron chi connectivity index (χ2n) is 8.45. The SMILES string of the molecule is CC(C)(C)OC(=O)N1CCC([C@H]2C[C@@H]2COCc2ccc(Br)cn2)CC1. The Morgan fingerprint density at radius 1 is 1.31 bits per heavy atom. The van der Waals surface area contributed by atoms with Crippen molar-refractivity contribution in [3.63, 3.8) is 0 Å². The van der Waals surface area contributed by atoms with Gasteiger partial charge in [0.15, 0.2) is 0 Å². The normalized spacial score (nSPS) is 23.8. The first-order chi connectivity index (χ1) is 12.3. The van der Waals surface area contributed by atoms with E-state index in [9.17, 15) is 4.79 Å². The highest BCUT2D eigenvalue weighted by Gasteiger charge is 2.44. The summed E-state index contributed by atoms with van der Waals surface area (Å²) in [6.45, 7) is 8.75. The largest absolute Gasteiger partial charge is 0.444 e. The molecule has 1 aliphatic carbocycles. The van der Waals surface area contributed by atoms with Crippen LogP contribution in [0.2, 0.25) is 0 Å². The average molecular weight is 425 g/mol. The smallest absolute Gasteiger partial charge is 0.410 e. The molecule has 1 saturated carbocycles. The molecule has 6 heteroatoms. The van der Waals surface area contributed by atoms with Crippen LogP contribution >= 0.6 is 15.9 Å². The quantitative estimate of drug-likeness (QED) is 0.690. The van der Waals surface area contributed by atoms with E-state index in [4.69, 9.17) is 9.47 Å². The molecule has 2 fully saturated rings. The molecule has 26 heavy (non-hydrogen) atoms. The number of piperidine rings is 1. The first-order valence-corrected chi connectivity index (χ1v) is 10.3. The van der Waals surface area contributed by atoms with Crippen molar-refractivity contribution >= 4 is 22.0 Å². The van der Waals surface area contributed by atoms with Crippen molar-refractivity contribution in [2.45, 2.75) is 52.2 Å². The number of amides is 1. The fourth-order valence-electron chi connectivity index (χ4n) is 3.68. The van der Waals surface area contributed by atoms with E-state index in [-0.39, 0.29) is 6.09 Å². The highest BCUT2D eigenvalue weighted by Crippen LogP contribution is 2.48. The van der Waals surface area contributed by atoms with Crippen LogP contribution in [0.15, 0.2) is 22.8 Å². The highest BCUT2D eigenvalue weighted by molar-refractivity contribution is 9.10. The Labute approximate surface area is 164 Å². The highest BCUT2D eigenvalue weighted by atomic mass is 79.9. The zero-order valence-electron chi connectivity index (χ0n) is 15.9. The van der Waals surface area contributed by atoms with E-state index < -0.39 is 5.60 Å². The number of likely N-dealkylation sites (tertiary alicyclic amines) is 1. The van der Waals surface area contributed by atoms with Gasteiger partial charge in [-0.1, -0.05) is 0 Å². The Morgan fingerprint density at radius 3 is 2.65 bits per heavy atom. The van der Waals surface area contributed by atoms with Crippen LogP contribution in [0.3, 0.4) is 0 Å². The molecule has 2 heterocycles. The van der Waals surface area contributed by atoms with Crippen molar-refractivity contribution in [1.29, 1.82) is 0 Å². The minimum Gasteiger partial charge on any atom is -0.444 e. The molecular formula is C20H29BrN2O3. The van der Waals surface area contributed by atoms with Crippen molar-refractivity contribution in [3.05, 3.63) is 28.5 Å². The standard InChI is InChI=1S/C20H29BrN2O3/c1-20(2,3)26-19(24)23-8-6-14(7-9-23)18-10-15(18)12-25-13-17-5-4-16(21)11-22-17/h4-5,11,14-15,18H,6-10,12-13H2,1-3H3/t15-,18-/m1/s1. The van der Waals surface area contributed by atoms with Crippen LogP contribution in [0.4, 0.5) is 4.79 Å². The topological polar surface area (TPSA) is 51.7 Å². The number of ether oxygens (including phenoxy) is 2. The van der Waals surface area contributed by atoms with Gasteiger partial charge in [-0.2, -0.15) is 0 Å². The van der Waals surface area contributed by atoms with Gasteiger partial charge >= 0.3 is 6.09 Å². The maximum Gasteiger partial charge on any atom is 0.410 e. The molecule has 5 nitrogen and oxygen atoms in total. The fourth-order valence-corrected chi connectivity index (χ4v) is 3.92. The Bertz CT molecular complexity index is 606. The van der Waals surface area contributed by atoms with Gasteiger partial charge in [0, 0.05) is 23.8 Å². The van der Waals surface area contributed by atoms with E-state index in [0.717, 1.165) is 48.6 Å². The number of carbonyl (C=O) groups excluding carboxylic acids is 1. The molecule has 0 N–H and O–H groups in total. The Kier molecular flexibility index (Phi) is 6.23. The number of pyridine rings is 1. The van der Waals surface area contributed by atoms with E-state index in [1.165, 1.54) is 6.42 Å². The van der Waals surface area contributed by atoms with E-state index >= 15 is 0 Å². The Morgan fingerprint density at radius 2 is 2.04 bits per heavy atom. The summed E-state index contributed by atoms with van der Waals surface area (Å²) in [7, 11) is 0. The molecule has 2 atom stereocenters. The van der Waals surface area contributed by atoms with Crippen molar-refractivity contribution in [2.24, 2.45) is 17.8 Å². The van der Waals surface area contributed by atoms with Crippen LogP contribution in [0, 0.1) is 17.8 Å². The van der Waals surface area contributed by atoms with Crippen LogP contribution < -0.4 is 0 Å². The molecule has 1 amide bonds. The van der Waals surface area contributed by atoms with Crippen molar-refractivity contribution in [1.82, 2.24) is 9.88 Å². The van der Waals surface area contributed by atoms with Crippen molar-refractivity contribution in [2.75, 3.05) is 19.7 Å². The van der Waals surface area contributed by atoms with Crippen LogP contribution in [0.1, 0.15) is 45.7 Å². The molecule has 1 aliphatic heterocycles. The number of nitrogens with zero attached hydrogens (tertiary/aromatic N) is 2. The Hall–Kier alpha value is -1.14. The molecule has 0 unspecified atom stereocenters. The second kappa shape index (κ2) is 8.26. The summed E-state index contributed by atoms with van der Waals surface area (Å²) in [5, 5.41) is 0. The fraction of sp³-hybridized carbons (Fsp3) is 0.700. The van der Waals surface area contributed by atoms with Crippen LogP contribution in [0.25, 0.3) is 0 Å². The molecule has 0 bridgehead atoms. The van der Waals surface area contributed by atoms with Gasteiger partial charge in [-0.25, -0.2) is 4.79 Å². The summed E-state index contributed by atoms with van der Waals surface area (Å²) in [5.74, 6) is 2.14. The number of hydrogen-bond donors (Lipinski definition) is 0. The average Bonchev–Trinajstić information content (AvgIpc) is 3.35. The van der Waals surface area contributed by atoms with Gasteiger partial charge in [0.25, 0.3) is 0 Å². The molecule has 3 rings (SSSR count). The van der Waals surface area contributed by atoms with E-state index in [0.29, 0.717) is 18.4 Å². The number of aromatic nitrogens is 1. The number of halogens is 1. The van der Waals surface area contributed by atoms with Gasteiger partial charge in [-0.15, -0.1) is 0 Å². The summed E-state index contributed by atoms with van der Waals surface area (Å²) in [5.41, 5.74) is 0.548. The molecule has 144 valence electrons. The molecule has 0 aromatic carbocycles. The second-order valence-corrected chi connectivity index (χ2v) is 9.36. The first kappa shape index (κ1) is 19.6. The minimum absolute atomic E-state index is 0.173. The lowest BCUT2D eigenvalue weighted by Crippen LogP contribution is -2.42. The van der Waals surface area contributed by atoms with E-state index in [1.54, 1.807) is 6.20 Å². The molecule has 0 radical (unpaired) electrons. The zero-order valence-corrected chi connectivity index (χ0v) is 17.5. The van der Waals surface area contributed by atoms with E-state index in [1.807, 2.05) is 37.8 Å². The van der Waals surface area contributed by atoms with Gasteiger partial charge in [0.2, 0.25) is 0 Å². The van der Waals surface area contributed by atoms with Crippen molar-refractivity contribution < 1.29 is 14.3 Å². The monoisotopic (exact) mass is 424 g/mol. The van der Waals surface area contributed by atoms with Gasteiger partial charge in [-0.3, -0.25) is 4.98 Å². The molecule has 1 aromatic rings. The van der Waals surface area contributed by atoms with Gasteiger partial charge in [-0.05, 0) is 85.9 Å². The van der Waals surface area contributed by atoms with Gasteiger partial charge < -0.3 is 14.4 Å². The summed E-state index contributed by atoms with van der Waals surface area (Å²) < 4.78 is 12.3. The minimum atomic E-state index is -0.420. The maximum atomic E-state index is 12.1. The number of hydrogen-bond acceptors (Lipinski definition) is 4. The van der Waals surface area contributed by atoms with Crippen LogP contribution in [-0.4, -0.2) is 41.3 Å². The van der Waals surface area contributed by atoms with Gasteiger partial charge in [0.1, 0.15) is 5.60 Å². The number of carbonyl (C=O) groups is 1. The predicted octanol–water partition coefficient (Wildman–Crippen LogP) is 4.64.